The van der Waals surface area contributed by atoms with Crippen LogP contribution in [0.1, 0.15) is 34.3 Å². The summed E-state index contributed by atoms with van der Waals surface area (Å²) in [5.41, 5.74) is 2.42. The lowest BCUT2D eigenvalue weighted by molar-refractivity contribution is -0.130. The fraction of sp³-hybridized carbons (Fsp3) is 0.364. The zero-order chi connectivity index (χ0) is 19.4. The number of ketones is 1. The largest absolute Gasteiger partial charge is 0.497 e. The van der Waals surface area contributed by atoms with Crippen LogP contribution in [0.2, 0.25) is 0 Å². The molecule has 0 saturated carbocycles. The second-order valence-electron chi connectivity index (χ2n) is 6.82. The van der Waals surface area contributed by atoms with Gasteiger partial charge in [0.2, 0.25) is 5.91 Å². The van der Waals surface area contributed by atoms with Gasteiger partial charge in [0, 0.05) is 12.1 Å². The summed E-state index contributed by atoms with van der Waals surface area (Å²) < 4.78 is 10.5. The maximum absolute atomic E-state index is 13.0. The molecule has 0 N–H and O–H groups in total. The Morgan fingerprint density at radius 2 is 1.93 bits per heavy atom. The standard InChI is InChI=1S/C22H25NO4/c1-15-12-17(9-10-20(15)27-3)22(25)19-8-5-11-23(19)21(24)14-16-6-4-7-18(13-16)26-2/h4,6-7,9-10,12-13,19H,5,8,11,14H2,1-3H3. The Hall–Kier alpha value is -2.82. The topological polar surface area (TPSA) is 55.8 Å². The summed E-state index contributed by atoms with van der Waals surface area (Å²) in [6.07, 6.45) is 1.81. The molecule has 1 amide bonds. The second kappa shape index (κ2) is 8.25. The van der Waals surface area contributed by atoms with Crippen molar-refractivity contribution in [2.24, 2.45) is 0 Å². The molecule has 0 aromatic heterocycles. The van der Waals surface area contributed by atoms with Gasteiger partial charge in [0.1, 0.15) is 11.5 Å². The summed E-state index contributed by atoms with van der Waals surface area (Å²) in [6.45, 7) is 2.53. The number of methoxy groups -OCH3 is 2. The highest BCUT2D eigenvalue weighted by Crippen LogP contribution is 2.25. The van der Waals surface area contributed by atoms with E-state index in [9.17, 15) is 9.59 Å². The van der Waals surface area contributed by atoms with Gasteiger partial charge in [-0.3, -0.25) is 9.59 Å². The Labute approximate surface area is 159 Å². The van der Waals surface area contributed by atoms with Crippen LogP contribution in [0.15, 0.2) is 42.5 Å². The van der Waals surface area contributed by atoms with E-state index in [0.29, 0.717) is 18.5 Å². The molecular formula is C22H25NO4. The van der Waals surface area contributed by atoms with Gasteiger partial charge >= 0.3 is 0 Å². The summed E-state index contributed by atoms with van der Waals surface area (Å²) in [5.74, 6) is 1.45. The van der Waals surface area contributed by atoms with Crippen LogP contribution < -0.4 is 9.47 Å². The smallest absolute Gasteiger partial charge is 0.227 e. The Bertz CT molecular complexity index is 846. The normalized spacial score (nSPS) is 16.3. The fourth-order valence-electron chi connectivity index (χ4n) is 3.62. The number of Topliss-reactive ketones (excluding diaryl/α,β-unsaturated/α-hetero) is 1. The minimum atomic E-state index is -0.393. The molecular weight excluding hydrogens is 342 g/mol. The molecule has 1 unspecified atom stereocenters. The average molecular weight is 367 g/mol. The van der Waals surface area contributed by atoms with Crippen molar-refractivity contribution in [2.75, 3.05) is 20.8 Å². The molecule has 0 aliphatic carbocycles. The lowest BCUT2D eigenvalue weighted by Crippen LogP contribution is -2.41. The maximum Gasteiger partial charge on any atom is 0.227 e. The number of hydrogen-bond donors (Lipinski definition) is 0. The van der Waals surface area contributed by atoms with E-state index in [4.69, 9.17) is 9.47 Å². The van der Waals surface area contributed by atoms with Crippen molar-refractivity contribution in [3.8, 4) is 11.5 Å². The lowest BCUT2D eigenvalue weighted by atomic mass is 9.99. The number of carbonyl (C=O) groups is 2. The molecule has 0 radical (unpaired) electrons. The molecule has 27 heavy (non-hydrogen) atoms. The predicted octanol–water partition coefficient (Wildman–Crippen LogP) is 3.43. The highest BCUT2D eigenvalue weighted by Gasteiger charge is 2.34. The first-order chi connectivity index (χ1) is 13.0. The number of amides is 1. The average Bonchev–Trinajstić information content (AvgIpc) is 3.17. The molecule has 0 spiro atoms. The van der Waals surface area contributed by atoms with E-state index < -0.39 is 6.04 Å². The van der Waals surface area contributed by atoms with Gasteiger partial charge in [-0.05, 0) is 61.2 Å². The molecule has 1 atom stereocenters. The molecule has 1 heterocycles. The molecule has 3 rings (SSSR count). The van der Waals surface area contributed by atoms with Crippen LogP contribution in [0.5, 0.6) is 11.5 Å². The van der Waals surface area contributed by atoms with Gasteiger partial charge in [-0.2, -0.15) is 0 Å². The number of ether oxygens (including phenoxy) is 2. The summed E-state index contributed by atoms with van der Waals surface area (Å²) in [5, 5.41) is 0. The van der Waals surface area contributed by atoms with Crippen LogP contribution in [0.4, 0.5) is 0 Å². The number of likely N-dealkylation sites (tertiary alicyclic amines) is 1. The quantitative estimate of drug-likeness (QED) is 0.734. The molecule has 2 aromatic carbocycles. The Morgan fingerprint density at radius 3 is 2.63 bits per heavy atom. The van der Waals surface area contributed by atoms with E-state index in [2.05, 4.69) is 0 Å². The summed E-state index contributed by atoms with van der Waals surface area (Å²) in [6, 6.07) is 12.5. The van der Waals surface area contributed by atoms with Gasteiger partial charge in [0.05, 0.1) is 26.7 Å². The molecule has 5 nitrogen and oxygen atoms in total. The number of carbonyl (C=O) groups excluding carboxylic acids is 2. The molecule has 0 bridgehead atoms. The molecule has 1 aliphatic rings. The number of hydrogen-bond acceptors (Lipinski definition) is 4. The number of nitrogens with zero attached hydrogens (tertiary/aromatic N) is 1. The van der Waals surface area contributed by atoms with Crippen molar-refractivity contribution < 1.29 is 19.1 Å². The molecule has 2 aromatic rings. The number of benzene rings is 2. The zero-order valence-corrected chi connectivity index (χ0v) is 16.0. The van der Waals surface area contributed by atoms with Gasteiger partial charge in [0.15, 0.2) is 5.78 Å². The minimum absolute atomic E-state index is 0.00255. The van der Waals surface area contributed by atoms with E-state index in [1.54, 1.807) is 31.3 Å². The first-order valence-electron chi connectivity index (χ1n) is 9.14. The van der Waals surface area contributed by atoms with Crippen LogP contribution in [-0.4, -0.2) is 43.4 Å². The van der Waals surface area contributed by atoms with Crippen LogP contribution in [-0.2, 0) is 11.2 Å². The third-order valence-corrected chi connectivity index (χ3v) is 5.04. The van der Waals surface area contributed by atoms with E-state index in [1.807, 2.05) is 37.3 Å². The number of rotatable bonds is 6. The van der Waals surface area contributed by atoms with Gasteiger partial charge in [0.25, 0.3) is 0 Å². The van der Waals surface area contributed by atoms with Gasteiger partial charge in [-0.15, -0.1) is 0 Å². The van der Waals surface area contributed by atoms with Crippen molar-refractivity contribution in [1.82, 2.24) is 4.90 Å². The molecule has 1 fully saturated rings. The van der Waals surface area contributed by atoms with Crippen molar-refractivity contribution >= 4 is 11.7 Å². The molecule has 142 valence electrons. The van der Waals surface area contributed by atoms with Crippen molar-refractivity contribution in [2.45, 2.75) is 32.2 Å². The van der Waals surface area contributed by atoms with Crippen molar-refractivity contribution in [3.05, 3.63) is 59.2 Å². The Kier molecular flexibility index (Phi) is 5.79. The first-order valence-corrected chi connectivity index (χ1v) is 9.14. The highest BCUT2D eigenvalue weighted by atomic mass is 16.5. The molecule has 1 aliphatic heterocycles. The van der Waals surface area contributed by atoms with Crippen LogP contribution in [0.25, 0.3) is 0 Å². The Morgan fingerprint density at radius 1 is 1.11 bits per heavy atom. The SMILES string of the molecule is COc1cccc(CC(=O)N2CCCC2C(=O)c2ccc(OC)c(C)c2)c1. The summed E-state index contributed by atoms with van der Waals surface area (Å²) >= 11 is 0. The van der Waals surface area contributed by atoms with Gasteiger partial charge in [-0.25, -0.2) is 0 Å². The highest BCUT2D eigenvalue weighted by molar-refractivity contribution is 6.02. The van der Waals surface area contributed by atoms with E-state index >= 15 is 0 Å². The van der Waals surface area contributed by atoms with E-state index in [1.165, 1.54) is 0 Å². The van der Waals surface area contributed by atoms with E-state index in [0.717, 1.165) is 29.0 Å². The number of aryl methyl sites for hydroxylation is 1. The third kappa shape index (κ3) is 4.13. The zero-order valence-electron chi connectivity index (χ0n) is 16.0. The minimum Gasteiger partial charge on any atom is -0.497 e. The maximum atomic E-state index is 13.0. The van der Waals surface area contributed by atoms with Crippen molar-refractivity contribution in [3.63, 3.8) is 0 Å². The van der Waals surface area contributed by atoms with Crippen LogP contribution in [0, 0.1) is 6.92 Å². The van der Waals surface area contributed by atoms with Gasteiger partial charge < -0.3 is 14.4 Å². The van der Waals surface area contributed by atoms with Crippen LogP contribution >= 0.6 is 0 Å². The van der Waals surface area contributed by atoms with E-state index in [-0.39, 0.29) is 18.1 Å². The van der Waals surface area contributed by atoms with Crippen molar-refractivity contribution in [1.29, 1.82) is 0 Å². The monoisotopic (exact) mass is 367 g/mol. The Balaban J connectivity index is 1.75. The predicted molar refractivity (Wildman–Crippen MR) is 103 cm³/mol. The lowest BCUT2D eigenvalue weighted by Gasteiger charge is -2.24. The van der Waals surface area contributed by atoms with Gasteiger partial charge in [-0.1, -0.05) is 12.1 Å². The van der Waals surface area contributed by atoms with Crippen LogP contribution in [0.3, 0.4) is 0 Å². The second-order valence-corrected chi connectivity index (χ2v) is 6.82. The molecule has 5 heteroatoms. The first kappa shape index (κ1) is 19.0. The summed E-state index contributed by atoms with van der Waals surface area (Å²) in [7, 11) is 3.22. The molecule has 1 saturated heterocycles. The summed E-state index contributed by atoms with van der Waals surface area (Å²) in [4.78, 5) is 27.6. The third-order valence-electron chi connectivity index (χ3n) is 5.04. The fourth-order valence-corrected chi connectivity index (χ4v) is 3.62.